The molecule has 0 aliphatic carbocycles. The Balaban J connectivity index is 3.08. The van der Waals surface area contributed by atoms with Gasteiger partial charge in [-0.3, -0.25) is 0 Å². The van der Waals surface area contributed by atoms with Crippen molar-refractivity contribution in [3.05, 3.63) is 21.1 Å². The normalized spacial score (nSPS) is 10.5. The molecule has 0 amide bonds. The van der Waals surface area contributed by atoms with Crippen molar-refractivity contribution in [2.24, 2.45) is 0 Å². The third-order valence-electron chi connectivity index (χ3n) is 1.43. The quantitative estimate of drug-likeness (QED) is 0.814. The van der Waals surface area contributed by atoms with Crippen LogP contribution in [0.1, 0.15) is 0 Å². The molecule has 84 valence electrons. The maximum absolute atomic E-state index is 12.0. The molecule has 0 spiro atoms. The van der Waals surface area contributed by atoms with Crippen LogP contribution in [-0.2, 0) is 0 Å². The largest absolute Gasteiger partial charge is 0.458 e. The van der Waals surface area contributed by atoms with Gasteiger partial charge in [0.05, 0.1) is 4.47 Å². The summed E-state index contributed by atoms with van der Waals surface area (Å²) in [6, 6.07) is 2.74. The molecule has 1 aromatic rings. The topological polar surface area (TPSA) is 18.5 Å². The van der Waals surface area contributed by atoms with E-state index in [4.69, 9.17) is 0 Å². The van der Waals surface area contributed by atoms with Gasteiger partial charge < -0.3 is 9.47 Å². The first-order valence-electron chi connectivity index (χ1n) is 3.67. The molecule has 0 aromatic heterocycles. The van der Waals surface area contributed by atoms with Crippen molar-refractivity contribution in [1.82, 2.24) is 0 Å². The number of halogens is 5. The number of ether oxygens (including phenoxy) is 2. The molecule has 0 bridgehead atoms. The standard InChI is InChI=1S/C8H5Br2F3O2/c9-4-1-2-5(15-8(12)13)7(6(4)10)14-3-11/h1-2,8H,3H2. The Labute approximate surface area is 101 Å². The molecule has 0 aliphatic rings. The zero-order valence-corrected chi connectivity index (χ0v) is 10.3. The highest BCUT2D eigenvalue weighted by Crippen LogP contribution is 2.40. The van der Waals surface area contributed by atoms with E-state index in [1.165, 1.54) is 12.1 Å². The summed E-state index contributed by atoms with van der Waals surface area (Å²) in [5.41, 5.74) is 0. The lowest BCUT2D eigenvalue weighted by atomic mass is 10.3. The van der Waals surface area contributed by atoms with Crippen LogP contribution >= 0.6 is 31.9 Å². The Morgan fingerprint density at radius 1 is 1.27 bits per heavy atom. The number of hydrogen-bond donors (Lipinski definition) is 0. The molecule has 0 radical (unpaired) electrons. The Morgan fingerprint density at radius 3 is 2.47 bits per heavy atom. The summed E-state index contributed by atoms with van der Waals surface area (Å²) >= 11 is 6.18. The summed E-state index contributed by atoms with van der Waals surface area (Å²) in [5.74, 6) is -0.329. The van der Waals surface area contributed by atoms with Gasteiger partial charge in [0, 0.05) is 4.47 Å². The third-order valence-corrected chi connectivity index (χ3v) is 3.41. The summed E-state index contributed by atoms with van der Waals surface area (Å²) in [7, 11) is 0. The first-order chi connectivity index (χ1) is 7.06. The lowest BCUT2D eigenvalue weighted by Crippen LogP contribution is -2.04. The lowest BCUT2D eigenvalue weighted by Gasteiger charge is -2.12. The molecule has 0 saturated heterocycles. The van der Waals surface area contributed by atoms with Crippen LogP contribution in [0.3, 0.4) is 0 Å². The van der Waals surface area contributed by atoms with Crippen molar-refractivity contribution >= 4 is 31.9 Å². The summed E-state index contributed by atoms with van der Waals surface area (Å²) in [6.07, 6.45) is 0. The molecule has 0 heterocycles. The fourth-order valence-corrected chi connectivity index (χ4v) is 1.65. The maximum Gasteiger partial charge on any atom is 0.387 e. The number of benzene rings is 1. The van der Waals surface area contributed by atoms with Gasteiger partial charge in [0.15, 0.2) is 11.5 Å². The van der Waals surface area contributed by atoms with Crippen LogP contribution in [0.4, 0.5) is 13.2 Å². The van der Waals surface area contributed by atoms with Crippen LogP contribution in [0.25, 0.3) is 0 Å². The SMILES string of the molecule is FCOc1c(OC(F)F)ccc(Br)c1Br. The van der Waals surface area contributed by atoms with Gasteiger partial charge in [-0.05, 0) is 44.0 Å². The fraction of sp³-hybridized carbons (Fsp3) is 0.250. The lowest BCUT2D eigenvalue weighted by molar-refractivity contribution is -0.0520. The molecular formula is C8H5Br2F3O2. The summed E-state index contributed by atoms with van der Waals surface area (Å²) in [5, 5.41) is 0. The van der Waals surface area contributed by atoms with Crippen molar-refractivity contribution in [2.75, 3.05) is 6.86 Å². The summed E-state index contributed by atoms with van der Waals surface area (Å²) in [4.78, 5) is 0. The van der Waals surface area contributed by atoms with E-state index in [1.54, 1.807) is 0 Å². The van der Waals surface area contributed by atoms with Gasteiger partial charge in [-0.1, -0.05) is 0 Å². The van der Waals surface area contributed by atoms with E-state index in [2.05, 4.69) is 41.3 Å². The van der Waals surface area contributed by atoms with Gasteiger partial charge in [-0.2, -0.15) is 8.78 Å². The van der Waals surface area contributed by atoms with E-state index >= 15 is 0 Å². The van der Waals surface area contributed by atoms with E-state index in [0.717, 1.165) is 0 Å². The smallest absolute Gasteiger partial charge is 0.387 e. The van der Waals surface area contributed by atoms with Crippen molar-refractivity contribution in [1.29, 1.82) is 0 Å². The molecule has 0 fully saturated rings. The Hall–Kier alpha value is -0.430. The average molecular weight is 350 g/mol. The Kier molecular flexibility index (Phi) is 4.72. The highest BCUT2D eigenvalue weighted by Gasteiger charge is 2.16. The molecular weight excluding hydrogens is 345 g/mol. The molecule has 1 rings (SSSR count). The second-order valence-corrected chi connectivity index (χ2v) is 3.97. The summed E-state index contributed by atoms with van der Waals surface area (Å²) < 4.78 is 45.5. The monoisotopic (exact) mass is 348 g/mol. The van der Waals surface area contributed by atoms with E-state index in [9.17, 15) is 13.2 Å². The first-order valence-corrected chi connectivity index (χ1v) is 5.26. The minimum atomic E-state index is -2.99. The van der Waals surface area contributed by atoms with Gasteiger partial charge in [0.2, 0.25) is 6.86 Å². The first kappa shape index (κ1) is 12.6. The fourth-order valence-electron chi connectivity index (χ4n) is 0.892. The minimum absolute atomic E-state index is 0.104. The van der Waals surface area contributed by atoms with Gasteiger partial charge >= 0.3 is 6.61 Å². The number of hydrogen-bond acceptors (Lipinski definition) is 2. The van der Waals surface area contributed by atoms with Crippen molar-refractivity contribution in [2.45, 2.75) is 6.61 Å². The van der Waals surface area contributed by atoms with Gasteiger partial charge in [0.1, 0.15) is 0 Å². The van der Waals surface area contributed by atoms with Crippen LogP contribution in [0, 0.1) is 0 Å². The molecule has 0 saturated carbocycles. The van der Waals surface area contributed by atoms with Crippen molar-refractivity contribution in [3.63, 3.8) is 0 Å². The molecule has 1 aromatic carbocycles. The predicted molar refractivity (Wildman–Crippen MR) is 55.1 cm³/mol. The number of rotatable bonds is 4. The summed E-state index contributed by atoms with van der Waals surface area (Å²) in [6.45, 7) is -4.12. The Morgan fingerprint density at radius 2 is 1.93 bits per heavy atom. The van der Waals surface area contributed by atoms with Crippen LogP contribution in [0.5, 0.6) is 11.5 Å². The van der Waals surface area contributed by atoms with Gasteiger partial charge in [0.25, 0.3) is 0 Å². The predicted octanol–water partition coefficient (Wildman–Crippen LogP) is 4.12. The molecule has 2 nitrogen and oxygen atoms in total. The number of alkyl halides is 3. The molecule has 0 atom stereocenters. The molecule has 0 N–H and O–H groups in total. The van der Waals surface area contributed by atoms with Crippen molar-refractivity contribution < 1.29 is 22.6 Å². The van der Waals surface area contributed by atoms with E-state index < -0.39 is 13.5 Å². The highest BCUT2D eigenvalue weighted by atomic mass is 79.9. The average Bonchev–Trinajstić information content (AvgIpc) is 2.17. The Bertz CT molecular complexity index is 347. The van der Waals surface area contributed by atoms with Crippen LogP contribution < -0.4 is 9.47 Å². The molecule has 15 heavy (non-hydrogen) atoms. The second kappa shape index (κ2) is 5.60. The minimum Gasteiger partial charge on any atom is -0.458 e. The van der Waals surface area contributed by atoms with E-state index in [1.807, 2.05) is 0 Å². The zero-order valence-electron chi connectivity index (χ0n) is 7.15. The van der Waals surface area contributed by atoms with Gasteiger partial charge in [-0.15, -0.1) is 0 Å². The van der Waals surface area contributed by atoms with E-state index in [-0.39, 0.29) is 11.5 Å². The maximum atomic E-state index is 12.0. The zero-order chi connectivity index (χ0) is 11.4. The molecule has 0 aliphatic heterocycles. The van der Waals surface area contributed by atoms with E-state index in [0.29, 0.717) is 8.95 Å². The highest BCUT2D eigenvalue weighted by molar-refractivity contribution is 9.13. The van der Waals surface area contributed by atoms with Gasteiger partial charge in [-0.25, -0.2) is 4.39 Å². The van der Waals surface area contributed by atoms with Crippen LogP contribution in [0.2, 0.25) is 0 Å². The van der Waals surface area contributed by atoms with Crippen LogP contribution in [0.15, 0.2) is 21.1 Å². The molecule has 0 unspecified atom stereocenters. The third kappa shape index (κ3) is 3.27. The second-order valence-electron chi connectivity index (χ2n) is 2.32. The van der Waals surface area contributed by atoms with Crippen LogP contribution in [-0.4, -0.2) is 13.5 Å². The van der Waals surface area contributed by atoms with Crippen molar-refractivity contribution in [3.8, 4) is 11.5 Å². The molecule has 7 heteroatoms.